The Labute approximate surface area is 90.0 Å². The third-order valence-corrected chi connectivity index (χ3v) is 2.94. The molecule has 1 aromatic heterocycles. The van der Waals surface area contributed by atoms with Gasteiger partial charge in [0.05, 0.1) is 0 Å². The fourth-order valence-electron chi connectivity index (χ4n) is 1.90. The number of rotatable bonds is 2. The Morgan fingerprint density at radius 2 is 2.20 bits per heavy atom. The van der Waals surface area contributed by atoms with Gasteiger partial charge in [0.2, 0.25) is 5.95 Å². The standard InChI is InChI=1S/C11H17N3O/c1-9-2-5-12-11(13-9)14-6-3-10(8-15)4-7-14/h2,5,10,15H,3-4,6-8H2,1H3. The summed E-state index contributed by atoms with van der Waals surface area (Å²) in [4.78, 5) is 10.9. The number of aryl methyl sites for hydroxylation is 1. The van der Waals surface area contributed by atoms with Crippen molar-refractivity contribution >= 4 is 5.95 Å². The lowest BCUT2D eigenvalue weighted by atomic mass is 9.98. The molecular formula is C11H17N3O. The number of aliphatic hydroxyl groups excluding tert-OH is 1. The van der Waals surface area contributed by atoms with Gasteiger partial charge in [-0.25, -0.2) is 9.97 Å². The number of aromatic nitrogens is 2. The molecule has 1 fully saturated rings. The molecule has 0 saturated carbocycles. The van der Waals surface area contributed by atoms with Crippen LogP contribution in [-0.4, -0.2) is 34.8 Å². The number of nitrogens with zero attached hydrogens (tertiary/aromatic N) is 3. The molecule has 2 heterocycles. The molecule has 1 aliphatic rings. The minimum absolute atomic E-state index is 0.308. The molecule has 0 spiro atoms. The van der Waals surface area contributed by atoms with Gasteiger partial charge in [-0.15, -0.1) is 0 Å². The number of hydrogen-bond acceptors (Lipinski definition) is 4. The van der Waals surface area contributed by atoms with E-state index >= 15 is 0 Å². The smallest absolute Gasteiger partial charge is 0.225 e. The number of anilines is 1. The molecule has 0 unspecified atom stereocenters. The Kier molecular flexibility index (Phi) is 3.16. The second kappa shape index (κ2) is 4.57. The van der Waals surface area contributed by atoms with Crippen LogP contribution in [0.3, 0.4) is 0 Å². The zero-order valence-corrected chi connectivity index (χ0v) is 9.06. The van der Waals surface area contributed by atoms with Crippen LogP contribution in [0.2, 0.25) is 0 Å². The van der Waals surface area contributed by atoms with Crippen LogP contribution in [0.4, 0.5) is 5.95 Å². The Bertz CT molecular complexity index is 321. The number of aliphatic hydroxyl groups is 1. The lowest BCUT2D eigenvalue weighted by Crippen LogP contribution is -2.35. The third-order valence-electron chi connectivity index (χ3n) is 2.94. The van der Waals surface area contributed by atoms with Crippen molar-refractivity contribution < 1.29 is 5.11 Å². The average molecular weight is 207 g/mol. The van der Waals surface area contributed by atoms with E-state index in [-0.39, 0.29) is 0 Å². The minimum atomic E-state index is 0.308. The van der Waals surface area contributed by atoms with Crippen molar-refractivity contribution in [3.8, 4) is 0 Å². The summed E-state index contributed by atoms with van der Waals surface area (Å²) < 4.78 is 0. The van der Waals surface area contributed by atoms with E-state index in [1.807, 2.05) is 13.0 Å². The summed E-state index contributed by atoms with van der Waals surface area (Å²) in [7, 11) is 0. The maximum atomic E-state index is 9.04. The topological polar surface area (TPSA) is 49.2 Å². The van der Waals surface area contributed by atoms with Crippen LogP contribution in [0.25, 0.3) is 0 Å². The van der Waals surface area contributed by atoms with E-state index in [1.54, 1.807) is 6.20 Å². The normalized spacial score (nSPS) is 18.1. The molecule has 4 heteroatoms. The monoisotopic (exact) mass is 207 g/mol. The summed E-state index contributed by atoms with van der Waals surface area (Å²) in [5, 5.41) is 9.04. The summed E-state index contributed by atoms with van der Waals surface area (Å²) in [5.74, 6) is 1.29. The van der Waals surface area contributed by atoms with Gasteiger partial charge in [0.15, 0.2) is 0 Å². The molecule has 0 atom stereocenters. The average Bonchev–Trinajstić information content (AvgIpc) is 2.29. The van der Waals surface area contributed by atoms with Crippen LogP contribution >= 0.6 is 0 Å². The van der Waals surface area contributed by atoms with E-state index in [9.17, 15) is 0 Å². The molecule has 1 saturated heterocycles. The van der Waals surface area contributed by atoms with Gasteiger partial charge in [-0.2, -0.15) is 0 Å². The van der Waals surface area contributed by atoms with E-state index < -0.39 is 0 Å². The molecule has 0 aliphatic carbocycles. The molecule has 4 nitrogen and oxygen atoms in total. The maximum Gasteiger partial charge on any atom is 0.225 e. The highest BCUT2D eigenvalue weighted by Gasteiger charge is 2.19. The highest BCUT2D eigenvalue weighted by Crippen LogP contribution is 2.19. The van der Waals surface area contributed by atoms with E-state index in [0.717, 1.165) is 37.6 Å². The number of piperidine rings is 1. The summed E-state index contributed by atoms with van der Waals surface area (Å²) >= 11 is 0. The largest absolute Gasteiger partial charge is 0.396 e. The number of hydrogen-bond donors (Lipinski definition) is 1. The fraction of sp³-hybridized carbons (Fsp3) is 0.636. The summed E-state index contributed by atoms with van der Waals surface area (Å²) in [6, 6.07) is 1.91. The van der Waals surface area contributed by atoms with Gasteiger partial charge in [-0.1, -0.05) is 0 Å². The van der Waals surface area contributed by atoms with Gasteiger partial charge in [0, 0.05) is 31.6 Å². The second-order valence-corrected chi connectivity index (χ2v) is 4.11. The fourth-order valence-corrected chi connectivity index (χ4v) is 1.90. The molecule has 82 valence electrons. The zero-order chi connectivity index (χ0) is 10.7. The van der Waals surface area contributed by atoms with Crippen molar-refractivity contribution in [1.82, 2.24) is 9.97 Å². The molecule has 15 heavy (non-hydrogen) atoms. The van der Waals surface area contributed by atoms with Crippen LogP contribution < -0.4 is 4.90 Å². The molecule has 1 N–H and O–H groups in total. The Morgan fingerprint density at radius 3 is 2.80 bits per heavy atom. The maximum absolute atomic E-state index is 9.04. The third kappa shape index (κ3) is 2.45. The first-order valence-corrected chi connectivity index (χ1v) is 5.45. The van der Waals surface area contributed by atoms with Crippen LogP contribution in [-0.2, 0) is 0 Å². The molecule has 1 aromatic rings. The molecule has 2 rings (SSSR count). The van der Waals surface area contributed by atoms with E-state index in [1.165, 1.54) is 0 Å². The van der Waals surface area contributed by atoms with Gasteiger partial charge >= 0.3 is 0 Å². The van der Waals surface area contributed by atoms with Crippen molar-refractivity contribution in [3.05, 3.63) is 18.0 Å². The van der Waals surface area contributed by atoms with Crippen LogP contribution in [0, 0.1) is 12.8 Å². The highest BCUT2D eigenvalue weighted by atomic mass is 16.3. The van der Waals surface area contributed by atoms with Crippen molar-refractivity contribution in [2.24, 2.45) is 5.92 Å². The SMILES string of the molecule is Cc1ccnc(N2CCC(CO)CC2)n1. The lowest BCUT2D eigenvalue weighted by Gasteiger charge is -2.31. The Balaban J connectivity index is 2.01. The Hall–Kier alpha value is -1.16. The van der Waals surface area contributed by atoms with Crippen molar-refractivity contribution in [3.63, 3.8) is 0 Å². The van der Waals surface area contributed by atoms with E-state index in [2.05, 4.69) is 14.9 Å². The predicted molar refractivity (Wildman–Crippen MR) is 58.8 cm³/mol. The highest BCUT2D eigenvalue weighted by molar-refractivity contribution is 5.30. The summed E-state index contributed by atoms with van der Waals surface area (Å²) in [6.45, 7) is 4.19. The van der Waals surface area contributed by atoms with E-state index in [0.29, 0.717) is 12.5 Å². The van der Waals surface area contributed by atoms with Gasteiger partial charge in [0.25, 0.3) is 0 Å². The Morgan fingerprint density at radius 1 is 1.47 bits per heavy atom. The van der Waals surface area contributed by atoms with Crippen molar-refractivity contribution in [2.45, 2.75) is 19.8 Å². The molecule has 0 bridgehead atoms. The van der Waals surface area contributed by atoms with Crippen molar-refractivity contribution in [1.29, 1.82) is 0 Å². The van der Waals surface area contributed by atoms with Crippen molar-refractivity contribution in [2.75, 3.05) is 24.6 Å². The van der Waals surface area contributed by atoms with E-state index in [4.69, 9.17) is 5.11 Å². The van der Waals surface area contributed by atoms with Gasteiger partial charge < -0.3 is 10.0 Å². The molecule has 0 amide bonds. The lowest BCUT2D eigenvalue weighted by molar-refractivity contribution is 0.202. The first-order chi connectivity index (χ1) is 7.29. The summed E-state index contributed by atoms with van der Waals surface area (Å²) in [6.07, 6.45) is 3.87. The molecule has 0 radical (unpaired) electrons. The minimum Gasteiger partial charge on any atom is -0.396 e. The molecule has 1 aliphatic heterocycles. The predicted octanol–water partition coefficient (Wildman–Crippen LogP) is 0.994. The van der Waals surface area contributed by atoms with Crippen LogP contribution in [0.1, 0.15) is 18.5 Å². The molecule has 0 aromatic carbocycles. The zero-order valence-electron chi connectivity index (χ0n) is 9.06. The van der Waals surface area contributed by atoms with Crippen LogP contribution in [0.15, 0.2) is 12.3 Å². The quantitative estimate of drug-likeness (QED) is 0.785. The first kappa shape index (κ1) is 10.4. The second-order valence-electron chi connectivity index (χ2n) is 4.11. The van der Waals surface area contributed by atoms with Gasteiger partial charge in [0.1, 0.15) is 0 Å². The molecular weight excluding hydrogens is 190 g/mol. The van der Waals surface area contributed by atoms with Gasteiger partial charge in [-0.05, 0) is 31.7 Å². The van der Waals surface area contributed by atoms with Crippen LogP contribution in [0.5, 0.6) is 0 Å². The first-order valence-electron chi connectivity index (χ1n) is 5.45. The summed E-state index contributed by atoms with van der Waals surface area (Å²) in [5.41, 5.74) is 1.00. The van der Waals surface area contributed by atoms with Gasteiger partial charge in [-0.3, -0.25) is 0 Å².